The van der Waals surface area contributed by atoms with Crippen LogP contribution >= 0.6 is 0 Å². The number of nitrogens with two attached hydrogens (primary N) is 1. The fraction of sp³-hybridized carbons (Fsp3) is 0.294. The molecule has 3 N–H and O–H groups in total. The number of amides is 1. The first-order valence-corrected chi connectivity index (χ1v) is 8.11. The molecule has 2 aromatic heterocycles. The van der Waals surface area contributed by atoms with Crippen LogP contribution in [0.25, 0.3) is 11.3 Å². The maximum absolute atomic E-state index is 13.4. The molecule has 0 saturated carbocycles. The van der Waals surface area contributed by atoms with E-state index < -0.39 is 59.5 Å². The molecule has 0 aliphatic rings. The minimum absolute atomic E-state index is 0. The van der Waals surface area contributed by atoms with Gasteiger partial charge in [0.1, 0.15) is 0 Å². The summed E-state index contributed by atoms with van der Waals surface area (Å²) in [5.41, 5.74) is 1.54. The van der Waals surface area contributed by atoms with Crippen molar-refractivity contribution in [3.05, 3.63) is 47.3 Å². The van der Waals surface area contributed by atoms with Crippen LogP contribution in [0, 0.1) is 12.8 Å². The summed E-state index contributed by atoms with van der Waals surface area (Å²) in [6.45, 7) is -0.450. The second-order valence-electron chi connectivity index (χ2n) is 6.17. The van der Waals surface area contributed by atoms with E-state index in [0.29, 0.717) is 11.8 Å². The Balaban J connectivity index is 0.00000512. The molecular weight excluding hydrogens is 543 g/mol. The molecule has 176 valence electrons. The number of halogens is 9. The third kappa shape index (κ3) is 6.56. The molecule has 0 radical (unpaired) electrons. The van der Waals surface area contributed by atoms with Gasteiger partial charge in [0.15, 0.2) is 5.69 Å². The van der Waals surface area contributed by atoms with Crippen molar-refractivity contribution in [3.63, 3.8) is 0 Å². The maximum atomic E-state index is 13.4. The number of aryl methyl sites for hydroxylation is 1. The molecule has 0 aromatic carbocycles. The minimum Gasteiger partial charge on any atom is -0.397 e. The number of nitrogens with zero attached hydrogens (tertiary/aromatic N) is 2. The summed E-state index contributed by atoms with van der Waals surface area (Å²) in [5, 5.41) is 1.34. The third-order valence-electron chi connectivity index (χ3n) is 3.87. The summed E-state index contributed by atoms with van der Waals surface area (Å²) in [7, 11) is 0. The van der Waals surface area contributed by atoms with Gasteiger partial charge in [-0.15, -0.1) is 0 Å². The molecule has 15 heteroatoms. The topological polar surface area (TPSA) is 80.9 Å². The normalized spacial score (nSPS) is 12.5. The van der Waals surface area contributed by atoms with E-state index in [0.717, 1.165) is 6.20 Å². The number of carbonyl (C=O) groups is 1. The van der Waals surface area contributed by atoms with Crippen LogP contribution in [-0.2, 0) is 27.2 Å². The van der Waals surface area contributed by atoms with Gasteiger partial charge >= 0.3 is 6.18 Å². The van der Waals surface area contributed by atoms with Crippen LogP contribution in [0.3, 0.4) is 0 Å². The molecule has 0 unspecified atom stereocenters. The molecule has 1 amide bonds. The van der Waals surface area contributed by atoms with Gasteiger partial charge in [0, 0.05) is 38.5 Å². The number of nitrogens with one attached hydrogen (secondary N) is 1. The van der Waals surface area contributed by atoms with Crippen molar-refractivity contribution in [3.8, 4) is 11.3 Å². The van der Waals surface area contributed by atoms with Crippen LogP contribution in [0.15, 0.2) is 24.4 Å². The molecule has 32 heavy (non-hydrogen) atoms. The first-order valence-electron chi connectivity index (χ1n) is 8.11. The molecule has 0 aliphatic carbocycles. The quantitative estimate of drug-likeness (QED) is 0.332. The number of carbonyl (C=O) groups excluding carboxylic acids is 1. The van der Waals surface area contributed by atoms with Gasteiger partial charge in [0.25, 0.3) is 18.3 Å². The van der Waals surface area contributed by atoms with Gasteiger partial charge in [-0.25, -0.2) is 31.3 Å². The smallest absolute Gasteiger partial charge is 0.397 e. The molecule has 5 nitrogen and oxygen atoms in total. The third-order valence-corrected chi connectivity index (χ3v) is 3.87. The predicted molar refractivity (Wildman–Crippen MR) is 89.3 cm³/mol. The molecule has 0 spiro atoms. The van der Waals surface area contributed by atoms with Crippen molar-refractivity contribution >= 4 is 11.6 Å². The van der Waals surface area contributed by atoms with Crippen molar-refractivity contribution in [2.24, 2.45) is 0 Å². The second kappa shape index (κ2) is 9.63. The molecule has 0 bridgehead atoms. The van der Waals surface area contributed by atoms with Crippen molar-refractivity contribution < 1.29 is 65.4 Å². The van der Waals surface area contributed by atoms with Crippen molar-refractivity contribution in [2.75, 3.05) is 12.3 Å². The molecule has 0 saturated heterocycles. The Labute approximate surface area is 188 Å². The molecule has 2 rings (SSSR count). The standard InChI is InChI=1S/C17H12F9N4O.Mo/c1-7-2-3-8(5-28-7)12-9(15(18,19)20)4-10(27)13(30-12)14(31)29-6-11(16(21,22)23)17(24,25)26;/h2-5H,6,27H2,1H3,(H,29,31);/q-1;. The summed E-state index contributed by atoms with van der Waals surface area (Å²) < 4.78 is 116. The molecular formula is C17H12F9MoN4O-. The Morgan fingerprint density at radius 2 is 1.62 bits per heavy atom. The van der Waals surface area contributed by atoms with Crippen molar-refractivity contribution in [1.29, 1.82) is 0 Å². The van der Waals surface area contributed by atoms with Gasteiger partial charge in [-0.2, -0.15) is 13.2 Å². The largest absolute Gasteiger partial charge is 0.418 e. The second-order valence-corrected chi connectivity index (χ2v) is 6.17. The van der Waals surface area contributed by atoms with Gasteiger partial charge in [-0.3, -0.25) is 9.78 Å². The molecule has 0 aliphatic heterocycles. The summed E-state index contributed by atoms with van der Waals surface area (Å²) in [4.78, 5) is 19.4. The average molecular weight is 555 g/mol. The Morgan fingerprint density at radius 3 is 2.06 bits per heavy atom. The van der Waals surface area contributed by atoms with E-state index in [2.05, 4.69) is 9.97 Å². The summed E-state index contributed by atoms with van der Waals surface area (Å²) in [5.74, 6) is -4.54. The van der Waals surface area contributed by atoms with Crippen molar-refractivity contribution in [1.82, 2.24) is 15.3 Å². The zero-order valence-electron chi connectivity index (χ0n) is 15.7. The Kier molecular flexibility index (Phi) is 8.33. The number of nitrogen functional groups attached to an aromatic ring is 1. The summed E-state index contributed by atoms with van der Waals surface area (Å²) in [6.07, 6.45) is -15.6. The van der Waals surface area contributed by atoms with Gasteiger partial charge in [-0.05, 0) is 25.1 Å². The molecule has 2 aromatic rings. The number of anilines is 1. The monoisotopic (exact) mass is 557 g/mol. The van der Waals surface area contributed by atoms with E-state index in [1.807, 2.05) is 0 Å². The Morgan fingerprint density at radius 1 is 1.06 bits per heavy atom. The van der Waals surface area contributed by atoms with E-state index in [-0.39, 0.29) is 26.6 Å². The summed E-state index contributed by atoms with van der Waals surface area (Å²) >= 11 is 0. The van der Waals surface area contributed by atoms with Crippen LogP contribution in [0.1, 0.15) is 21.7 Å². The zero-order chi connectivity index (χ0) is 23.8. The summed E-state index contributed by atoms with van der Waals surface area (Å²) in [6, 6.07) is 2.84. The van der Waals surface area contributed by atoms with E-state index in [1.165, 1.54) is 17.4 Å². The van der Waals surface area contributed by atoms with Gasteiger partial charge < -0.3 is 11.1 Å². The van der Waals surface area contributed by atoms with Crippen LogP contribution < -0.4 is 11.1 Å². The van der Waals surface area contributed by atoms with Crippen LogP contribution in [0.4, 0.5) is 45.2 Å². The van der Waals surface area contributed by atoms with Crippen LogP contribution in [0.2, 0.25) is 0 Å². The Hall–Kier alpha value is -2.37. The van der Waals surface area contributed by atoms with E-state index >= 15 is 0 Å². The maximum Gasteiger partial charge on any atom is 0.418 e. The molecule has 2 heterocycles. The van der Waals surface area contributed by atoms with E-state index in [9.17, 15) is 44.3 Å². The zero-order valence-corrected chi connectivity index (χ0v) is 17.7. The van der Waals surface area contributed by atoms with Gasteiger partial charge in [-0.1, -0.05) is 12.5 Å². The first-order chi connectivity index (χ1) is 14.0. The van der Waals surface area contributed by atoms with Gasteiger partial charge in [0.2, 0.25) is 0 Å². The number of hydrogen-bond donors (Lipinski definition) is 2. The fourth-order valence-corrected chi connectivity index (χ4v) is 2.37. The van der Waals surface area contributed by atoms with E-state index in [4.69, 9.17) is 5.73 Å². The first kappa shape index (κ1) is 27.7. The fourth-order valence-electron chi connectivity index (χ4n) is 2.37. The SMILES string of the molecule is Cc1ccc(-c2nc(C(=O)NC[C-](C(F)(F)F)C(F)(F)F)c(N)cc2C(F)(F)F)cn1.[Mo]. The number of alkyl halides is 9. The van der Waals surface area contributed by atoms with Crippen LogP contribution in [0.5, 0.6) is 0 Å². The number of pyridine rings is 2. The predicted octanol–water partition coefficient (Wildman–Crippen LogP) is 4.48. The minimum atomic E-state index is -5.80. The molecule has 0 atom stereocenters. The number of rotatable bonds is 4. The molecule has 0 fully saturated rings. The van der Waals surface area contributed by atoms with Gasteiger partial charge in [0.05, 0.1) is 16.9 Å². The van der Waals surface area contributed by atoms with E-state index in [1.54, 1.807) is 6.92 Å². The van der Waals surface area contributed by atoms with Crippen LogP contribution in [-0.4, -0.2) is 34.8 Å². The van der Waals surface area contributed by atoms with Crippen molar-refractivity contribution in [2.45, 2.75) is 25.5 Å². The average Bonchev–Trinajstić information content (AvgIpc) is 2.59. The number of hydrogen-bond acceptors (Lipinski definition) is 4. The number of aromatic nitrogens is 2. The Bertz CT molecular complexity index is 943.